The third kappa shape index (κ3) is 1.82. The third-order valence-electron chi connectivity index (χ3n) is 3.47. The SMILES string of the molecule is Cc1ccc(C(=O)C2CCc3cccnc32)cn1. The smallest absolute Gasteiger partial charge is 0.173 e. The first-order valence-electron chi connectivity index (χ1n) is 6.16. The second-order valence-electron chi connectivity index (χ2n) is 4.69. The van der Waals surface area contributed by atoms with Gasteiger partial charge in [0.05, 0.1) is 11.6 Å². The molecule has 0 saturated carbocycles. The Bertz CT molecular complexity index is 590. The van der Waals surface area contributed by atoms with Gasteiger partial charge in [-0.15, -0.1) is 0 Å². The van der Waals surface area contributed by atoms with E-state index in [1.807, 2.05) is 25.1 Å². The Kier molecular flexibility index (Phi) is 2.67. The number of nitrogens with zero attached hydrogens (tertiary/aromatic N) is 2. The molecule has 18 heavy (non-hydrogen) atoms. The van der Waals surface area contributed by atoms with Crippen molar-refractivity contribution < 1.29 is 4.79 Å². The van der Waals surface area contributed by atoms with Gasteiger partial charge >= 0.3 is 0 Å². The molecule has 3 heteroatoms. The molecule has 0 bridgehead atoms. The van der Waals surface area contributed by atoms with E-state index in [-0.39, 0.29) is 11.7 Å². The van der Waals surface area contributed by atoms with Gasteiger partial charge in [-0.05, 0) is 43.5 Å². The molecule has 3 nitrogen and oxygen atoms in total. The van der Waals surface area contributed by atoms with E-state index in [1.165, 1.54) is 5.56 Å². The molecule has 1 aliphatic carbocycles. The first kappa shape index (κ1) is 11.1. The van der Waals surface area contributed by atoms with E-state index in [4.69, 9.17) is 0 Å². The Labute approximate surface area is 106 Å². The number of aryl methyl sites for hydroxylation is 2. The molecule has 0 saturated heterocycles. The lowest BCUT2D eigenvalue weighted by atomic mass is 9.96. The Morgan fingerprint density at radius 2 is 2.17 bits per heavy atom. The number of carbonyl (C=O) groups is 1. The highest BCUT2D eigenvalue weighted by atomic mass is 16.1. The van der Waals surface area contributed by atoms with Gasteiger partial charge in [0.1, 0.15) is 0 Å². The topological polar surface area (TPSA) is 42.9 Å². The molecular weight excluding hydrogens is 224 g/mol. The maximum absolute atomic E-state index is 12.4. The molecule has 0 aliphatic heterocycles. The summed E-state index contributed by atoms with van der Waals surface area (Å²) in [5, 5.41) is 0. The minimum absolute atomic E-state index is 0.0919. The first-order chi connectivity index (χ1) is 8.75. The summed E-state index contributed by atoms with van der Waals surface area (Å²) in [4.78, 5) is 21.0. The van der Waals surface area contributed by atoms with Gasteiger partial charge < -0.3 is 0 Å². The van der Waals surface area contributed by atoms with Crippen LogP contribution >= 0.6 is 0 Å². The minimum atomic E-state index is -0.0919. The van der Waals surface area contributed by atoms with Crippen LogP contribution in [0.3, 0.4) is 0 Å². The number of rotatable bonds is 2. The van der Waals surface area contributed by atoms with Crippen LogP contribution in [0, 0.1) is 6.92 Å². The average Bonchev–Trinajstić information content (AvgIpc) is 2.82. The zero-order chi connectivity index (χ0) is 12.5. The molecule has 0 spiro atoms. The van der Waals surface area contributed by atoms with Gasteiger partial charge in [0, 0.05) is 23.7 Å². The predicted octanol–water partition coefficient (Wildman–Crippen LogP) is 2.70. The van der Waals surface area contributed by atoms with Crippen molar-refractivity contribution in [2.75, 3.05) is 0 Å². The summed E-state index contributed by atoms with van der Waals surface area (Å²) < 4.78 is 0. The first-order valence-corrected chi connectivity index (χ1v) is 6.16. The lowest BCUT2D eigenvalue weighted by Gasteiger charge is -2.09. The largest absolute Gasteiger partial charge is 0.293 e. The van der Waals surface area contributed by atoms with E-state index in [9.17, 15) is 4.79 Å². The van der Waals surface area contributed by atoms with Crippen molar-refractivity contribution in [2.24, 2.45) is 0 Å². The van der Waals surface area contributed by atoms with E-state index in [1.54, 1.807) is 12.4 Å². The fraction of sp³-hybridized carbons (Fsp3) is 0.267. The fourth-order valence-corrected chi connectivity index (χ4v) is 2.48. The van der Waals surface area contributed by atoms with E-state index >= 15 is 0 Å². The highest BCUT2D eigenvalue weighted by molar-refractivity contribution is 6.01. The molecule has 0 aromatic carbocycles. The van der Waals surface area contributed by atoms with Crippen molar-refractivity contribution in [3.8, 4) is 0 Å². The van der Waals surface area contributed by atoms with E-state index in [0.717, 1.165) is 24.2 Å². The maximum atomic E-state index is 12.4. The standard InChI is InChI=1S/C15H14N2O/c1-10-4-5-12(9-17-10)15(18)13-7-6-11-3-2-8-16-14(11)13/h2-5,8-9,13H,6-7H2,1H3. The van der Waals surface area contributed by atoms with Gasteiger partial charge in [0.25, 0.3) is 0 Å². The van der Waals surface area contributed by atoms with Gasteiger partial charge in [-0.2, -0.15) is 0 Å². The van der Waals surface area contributed by atoms with Crippen LogP contribution in [-0.4, -0.2) is 15.8 Å². The molecule has 0 N–H and O–H groups in total. The van der Waals surface area contributed by atoms with Crippen LogP contribution in [0.2, 0.25) is 0 Å². The van der Waals surface area contributed by atoms with E-state index in [0.29, 0.717) is 5.56 Å². The number of hydrogen-bond acceptors (Lipinski definition) is 3. The van der Waals surface area contributed by atoms with Crippen molar-refractivity contribution in [2.45, 2.75) is 25.7 Å². The van der Waals surface area contributed by atoms with Gasteiger partial charge in [0.15, 0.2) is 5.78 Å². The Morgan fingerprint density at radius 1 is 1.28 bits per heavy atom. The Balaban J connectivity index is 1.93. The molecular formula is C15H14N2O. The molecule has 2 aromatic rings. The van der Waals surface area contributed by atoms with Gasteiger partial charge in [-0.25, -0.2) is 0 Å². The molecule has 3 rings (SSSR count). The molecule has 0 fully saturated rings. The van der Waals surface area contributed by atoms with Crippen LogP contribution < -0.4 is 0 Å². The van der Waals surface area contributed by atoms with Crippen LogP contribution in [0.5, 0.6) is 0 Å². The van der Waals surface area contributed by atoms with E-state index < -0.39 is 0 Å². The van der Waals surface area contributed by atoms with Crippen molar-refractivity contribution in [3.05, 3.63) is 59.2 Å². The zero-order valence-electron chi connectivity index (χ0n) is 10.3. The van der Waals surface area contributed by atoms with E-state index in [2.05, 4.69) is 16.0 Å². The van der Waals surface area contributed by atoms with Crippen LogP contribution in [0.1, 0.15) is 39.6 Å². The molecule has 90 valence electrons. The lowest BCUT2D eigenvalue weighted by Crippen LogP contribution is -2.11. The van der Waals surface area contributed by atoms with Crippen LogP contribution in [0.15, 0.2) is 36.7 Å². The molecule has 0 radical (unpaired) electrons. The molecule has 1 atom stereocenters. The Morgan fingerprint density at radius 3 is 2.94 bits per heavy atom. The number of Topliss-reactive ketones (excluding diaryl/α,β-unsaturated/α-hetero) is 1. The number of carbonyl (C=O) groups excluding carboxylic acids is 1. The third-order valence-corrected chi connectivity index (χ3v) is 3.47. The summed E-state index contributed by atoms with van der Waals surface area (Å²) in [7, 11) is 0. The molecule has 2 aromatic heterocycles. The second-order valence-corrected chi connectivity index (χ2v) is 4.69. The summed E-state index contributed by atoms with van der Waals surface area (Å²) in [6.07, 6.45) is 5.23. The highest BCUT2D eigenvalue weighted by Crippen LogP contribution is 2.33. The van der Waals surface area contributed by atoms with Gasteiger partial charge in [-0.1, -0.05) is 6.07 Å². The molecule has 1 unspecified atom stereocenters. The lowest BCUT2D eigenvalue weighted by molar-refractivity contribution is 0.0958. The fourth-order valence-electron chi connectivity index (χ4n) is 2.48. The summed E-state index contributed by atoms with van der Waals surface area (Å²) in [6, 6.07) is 7.72. The predicted molar refractivity (Wildman–Crippen MR) is 68.6 cm³/mol. The van der Waals surface area contributed by atoms with Crippen LogP contribution in [0.4, 0.5) is 0 Å². The average molecular weight is 238 g/mol. The zero-order valence-corrected chi connectivity index (χ0v) is 10.3. The number of hydrogen-bond donors (Lipinski definition) is 0. The summed E-state index contributed by atoms with van der Waals surface area (Å²) in [5.41, 5.74) is 3.76. The monoisotopic (exact) mass is 238 g/mol. The van der Waals surface area contributed by atoms with Crippen molar-refractivity contribution in [1.29, 1.82) is 0 Å². The van der Waals surface area contributed by atoms with Crippen LogP contribution in [-0.2, 0) is 6.42 Å². The Hall–Kier alpha value is -2.03. The summed E-state index contributed by atoms with van der Waals surface area (Å²) >= 11 is 0. The molecule has 0 amide bonds. The van der Waals surface area contributed by atoms with Crippen LogP contribution in [0.25, 0.3) is 0 Å². The number of ketones is 1. The maximum Gasteiger partial charge on any atom is 0.173 e. The van der Waals surface area contributed by atoms with Crippen molar-refractivity contribution in [3.63, 3.8) is 0 Å². The quantitative estimate of drug-likeness (QED) is 0.755. The molecule has 1 aliphatic rings. The van der Waals surface area contributed by atoms with Gasteiger partial charge in [0.2, 0.25) is 0 Å². The number of fused-ring (bicyclic) bond motifs is 1. The van der Waals surface area contributed by atoms with Crippen molar-refractivity contribution >= 4 is 5.78 Å². The second kappa shape index (κ2) is 4.33. The minimum Gasteiger partial charge on any atom is -0.293 e. The normalized spacial score (nSPS) is 17.5. The number of pyridine rings is 2. The summed E-state index contributed by atoms with van der Waals surface area (Å²) in [6.45, 7) is 1.92. The number of aromatic nitrogens is 2. The molecule has 2 heterocycles. The highest BCUT2D eigenvalue weighted by Gasteiger charge is 2.30. The summed E-state index contributed by atoms with van der Waals surface area (Å²) in [5.74, 6) is 0.0469. The van der Waals surface area contributed by atoms with Crippen molar-refractivity contribution in [1.82, 2.24) is 9.97 Å². The van der Waals surface area contributed by atoms with Gasteiger partial charge in [-0.3, -0.25) is 14.8 Å².